The Balaban J connectivity index is 3.22. The predicted molar refractivity (Wildman–Crippen MR) is 49.2 cm³/mol. The van der Waals surface area contributed by atoms with Crippen LogP contribution in [0.25, 0.3) is 0 Å². The number of carbonyl (C=O) groups excluding carboxylic acids is 1. The van der Waals surface area contributed by atoms with E-state index in [2.05, 4.69) is 26.1 Å². The number of carbonyl (C=O) groups is 1. The molecule has 0 aliphatic carbocycles. The molecular weight excluding hydrogens is 188 g/mol. The van der Waals surface area contributed by atoms with Crippen LogP contribution in [0.1, 0.15) is 26.7 Å². The number of ether oxygens (including phenoxy) is 1. The summed E-state index contributed by atoms with van der Waals surface area (Å²) in [5.41, 5.74) is 0.717. The Morgan fingerprint density at radius 1 is 1.43 bits per heavy atom. The molecule has 14 heavy (non-hydrogen) atoms. The molecule has 0 bridgehead atoms. The van der Waals surface area contributed by atoms with Crippen LogP contribution in [-0.4, -0.2) is 19.4 Å². The molecule has 0 N–H and O–H groups in total. The Morgan fingerprint density at radius 3 is 2.71 bits per heavy atom. The van der Waals surface area contributed by atoms with Gasteiger partial charge in [0.15, 0.2) is 0 Å². The Hall–Kier alpha value is -1.07. The first-order valence-electron chi connectivity index (χ1n) is 4.44. The average Bonchev–Trinajstić information content (AvgIpc) is 2.14. The lowest BCUT2D eigenvalue weighted by Crippen LogP contribution is -2.10. The van der Waals surface area contributed by atoms with E-state index >= 15 is 0 Å². The van der Waals surface area contributed by atoms with Gasteiger partial charge in [-0.2, -0.15) is 4.89 Å². The van der Waals surface area contributed by atoms with Crippen LogP contribution in [-0.2, 0) is 19.6 Å². The minimum Gasteiger partial charge on any atom is -0.428 e. The van der Waals surface area contributed by atoms with Crippen LogP contribution < -0.4 is 0 Å². The second-order valence-electron chi connectivity index (χ2n) is 2.82. The van der Waals surface area contributed by atoms with Crippen molar-refractivity contribution in [1.82, 2.24) is 0 Å². The van der Waals surface area contributed by atoms with Crippen molar-refractivity contribution < 1.29 is 24.3 Å². The van der Waals surface area contributed by atoms with Crippen molar-refractivity contribution >= 4 is 6.16 Å². The maximum absolute atomic E-state index is 10.7. The summed E-state index contributed by atoms with van der Waals surface area (Å²) in [4.78, 5) is 19.3. The topological polar surface area (TPSA) is 54.0 Å². The highest BCUT2D eigenvalue weighted by Crippen LogP contribution is 1.94. The number of hydrogen-bond donors (Lipinski definition) is 0. The third kappa shape index (κ3) is 9.02. The molecule has 0 unspecified atom stereocenters. The smallest absolute Gasteiger partial charge is 0.428 e. The van der Waals surface area contributed by atoms with E-state index in [0.29, 0.717) is 12.2 Å². The van der Waals surface area contributed by atoms with E-state index in [1.54, 1.807) is 6.92 Å². The van der Waals surface area contributed by atoms with Gasteiger partial charge in [0, 0.05) is 0 Å². The van der Waals surface area contributed by atoms with Gasteiger partial charge >= 0.3 is 6.16 Å². The standard InChI is InChI=1S/C9H16O5/c1-4-5-6-12-14-13-9(10)11-7-8(2)3/h2,4-7H2,1,3H3. The molecule has 0 aromatic heterocycles. The van der Waals surface area contributed by atoms with Gasteiger partial charge in [0.05, 0.1) is 6.61 Å². The lowest BCUT2D eigenvalue weighted by Gasteiger charge is -2.03. The fourth-order valence-corrected chi connectivity index (χ4v) is 0.495. The summed E-state index contributed by atoms with van der Waals surface area (Å²) in [7, 11) is 0. The first kappa shape index (κ1) is 12.9. The summed E-state index contributed by atoms with van der Waals surface area (Å²) in [6, 6.07) is 0. The van der Waals surface area contributed by atoms with Crippen LogP contribution in [0, 0.1) is 0 Å². The molecule has 0 saturated carbocycles. The molecule has 5 heteroatoms. The zero-order chi connectivity index (χ0) is 10.8. The molecule has 0 fully saturated rings. The Morgan fingerprint density at radius 2 is 2.14 bits per heavy atom. The molecule has 0 rings (SSSR count). The van der Waals surface area contributed by atoms with E-state index < -0.39 is 6.16 Å². The molecule has 0 aromatic rings. The minimum atomic E-state index is -0.940. The van der Waals surface area contributed by atoms with Crippen LogP contribution >= 0.6 is 0 Å². The lowest BCUT2D eigenvalue weighted by molar-refractivity contribution is -0.486. The summed E-state index contributed by atoms with van der Waals surface area (Å²) in [6.45, 7) is 7.76. The molecule has 5 nitrogen and oxygen atoms in total. The minimum absolute atomic E-state index is 0.108. The molecule has 0 heterocycles. The number of unbranched alkanes of at least 4 members (excludes halogenated alkanes) is 1. The van der Waals surface area contributed by atoms with Gasteiger partial charge in [0.1, 0.15) is 6.61 Å². The van der Waals surface area contributed by atoms with Crippen molar-refractivity contribution in [3.8, 4) is 0 Å². The van der Waals surface area contributed by atoms with E-state index in [1.165, 1.54) is 0 Å². The van der Waals surface area contributed by atoms with Gasteiger partial charge in [0.2, 0.25) is 0 Å². The molecule has 0 aliphatic heterocycles. The highest BCUT2D eigenvalue weighted by atomic mass is 17.5. The Bertz CT molecular complexity index is 178. The fourth-order valence-electron chi connectivity index (χ4n) is 0.495. The SMILES string of the molecule is C=C(C)COC(=O)OOOCCCC. The summed E-state index contributed by atoms with van der Waals surface area (Å²) in [5.74, 6) is 0. The van der Waals surface area contributed by atoms with Crippen LogP contribution in [0.5, 0.6) is 0 Å². The van der Waals surface area contributed by atoms with Gasteiger partial charge in [-0.1, -0.05) is 19.9 Å². The monoisotopic (exact) mass is 204 g/mol. The molecular formula is C9H16O5. The first-order valence-corrected chi connectivity index (χ1v) is 4.44. The third-order valence-electron chi connectivity index (χ3n) is 1.17. The highest BCUT2D eigenvalue weighted by molar-refractivity contribution is 5.59. The summed E-state index contributed by atoms with van der Waals surface area (Å²) >= 11 is 0. The lowest BCUT2D eigenvalue weighted by atomic mass is 10.4. The van der Waals surface area contributed by atoms with Crippen molar-refractivity contribution in [1.29, 1.82) is 0 Å². The molecule has 82 valence electrons. The van der Waals surface area contributed by atoms with Crippen LogP contribution in [0.3, 0.4) is 0 Å². The normalized spacial score (nSPS) is 9.57. The van der Waals surface area contributed by atoms with E-state index in [0.717, 1.165) is 12.8 Å². The predicted octanol–water partition coefficient (Wildman–Crippen LogP) is 2.38. The number of rotatable bonds is 7. The number of hydrogen-bond acceptors (Lipinski definition) is 5. The average molecular weight is 204 g/mol. The van der Waals surface area contributed by atoms with E-state index in [-0.39, 0.29) is 6.61 Å². The fraction of sp³-hybridized carbons (Fsp3) is 0.667. The van der Waals surface area contributed by atoms with Gasteiger partial charge < -0.3 is 4.74 Å². The van der Waals surface area contributed by atoms with Gasteiger partial charge in [-0.15, -0.1) is 0 Å². The second kappa shape index (κ2) is 8.52. The first-order chi connectivity index (χ1) is 6.66. The van der Waals surface area contributed by atoms with Gasteiger partial charge in [-0.3, -0.25) is 0 Å². The third-order valence-corrected chi connectivity index (χ3v) is 1.17. The van der Waals surface area contributed by atoms with Crippen molar-refractivity contribution in [2.45, 2.75) is 26.7 Å². The van der Waals surface area contributed by atoms with Crippen LogP contribution in [0.15, 0.2) is 12.2 Å². The molecule has 0 radical (unpaired) electrons. The second-order valence-corrected chi connectivity index (χ2v) is 2.82. The summed E-state index contributed by atoms with van der Waals surface area (Å²) < 4.78 is 4.54. The maximum atomic E-state index is 10.7. The van der Waals surface area contributed by atoms with Crippen molar-refractivity contribution in [3.63, 3.8) is 0 Å². The molecule has 0 saturated heterocycles. The van der Waals surface area contributed by atoms with Gasteiger partial charge in [-0.25, -0.2) is 9.68 Å². The van der Waals surface area contributed by atoms with Crippen molar-refractivity contribution in [2.75, 3.05) is 13.2 Å². The van der Waals surface area contributed by atoms with Gasteiger partial charge in [0.25, 0.3) is 0 Å². The van der Waals surface area contributed by atoms with E-state index in [1.807, 2.05) is 6.92 Å². The van der Waals surface area contributed by atoms with E-state index in [4.69, 9.17) is 0 Å². The Kier molecular flexibility index (Phi) is 7.87. The Labute approximate surface area is 83.4 Å². The van der Waals surface area contributed by atoms with Crippen molar-refractivity contribution in [3.05, 3.63) is 12.2 Å². The molecule has 0 spiro atoms. The van der Waals surface area contributed by atoms with Crippen LogP contribution in [0.4, 0.5) is 4.79 Å². The molecule has 0 atom stereocenters. The summed E-state index contributed by atoms with van der Waals surface area (Å²) in [6.07, 6.45) is 0.873. The summed E-state index contributed by atoms with van der Waals surface area (Å²) in [5, 5.41) is 4.13. The highest BCUT2D eigenvalue weighted by Gasteiger charge is 2.04. The van der Waals surface area contributed by atoms with E-state index in [9.17, 15) is 4.79 Å². The van der Waals surface area contributed by atoms with Crippen molar-refractivity contribution in [2.24, 2.45) is 0 Å². The molecule has 0 aliphatic rings. The van der Waals surface area contributed by atoms with Gasteiger partial charge in [-0.05, 0) is 24.0 Å². The largest absolute Gasteiger partial charge is 0.542 e. The molecule has 0 amide bonds. The molecule has 0 aromatic carbocycles. The quantitative estimate of drug-likeness (QED) is 0.209. The zero-order valence-corrected chi connectivity index (χ0v) is 8.58. The zero-order valence-electron chi connectivity index (χ0n) is 8.58. The maximum Gasteiger partial charge on any atom is 0.542 e. The van der Waals surface area contributed by atoms with Crippen LogP contribution in [0.2, 0.25) is 0 Å².